The fourth-order valence-electron chi connectivity index (χ4n) is 4.37. The average molecular weight is 429 g/mol. The number of amides is 2. The molecule has 0 aliphatic carbocycles. The molecule has 8 nitrogen and oxygen atoms in total. The van der Waals surface area contributed by atoms with E-state index in [0.717, 1.165) is 16.0 Å². The van der Waals surface area contributed by atoms with Crippen LogP contribution < -0.4 is 4.90 Å². The van der Waals surface area contributed by atoms with Gasteiger partial charge >= 0.3 is 0 Å². The Bertz CT molecular complexity index is 1170. The van der Waals surface area contributed by atoms with Crippen molar-refractivity contribution in [2.45, 2.75) is 18.7 Å². The van der Waals surface area contributed by atoms with Gasteiger partial charge in [-0.25, -0.2) is 4.90 Å². The number of anilines is 1. The highest BCUT2D eigenvalue weighted by Gasteiger charge is 2.59. The van der Waals surface area contributed by atoms with Gasteiger partial charge in [0.1, 0.15) is 0 Å². The second-order valence-corrected chi connectivity index (χ2v) is 7.75. The van der Waals surface area contributed by atoms with E-state index in [0.29, 0.717) is 12.2 Å². The van der Waals surface area contributed by atoms with E-state index in [9.17, 15) is 19.7 Å². The van der Waals surface area contributed by atoms with Crippen LogP contribution in [0.1, 0.15) is 17.2 Å². The Hall–Kier alpha value is -3.88. The lowest BCUT2D eigenvalue weighted by Crippen LogP contribution is -2.37. The van der Waals surface area contributed by atoms with Gasteiger partial charge in [0.2, 0.25) is 5.91 Å². The van der Waals surface area contributed by atoms with E-state index in [2.05, 4.69) is 0 Å². The van der Waals surface area contributed by atoms with Crippen molar-refractivity contribution in [3.63, 3.8) is 0 Å². The van der Waals surface area contributed by atoms with Crippen LogP contribution in [0, 0.1) is 16.0 Å². The van der Waals surface area contributed by atoms with Gasteiger partial charge in [0.05, 0.1) is 22.6 Å². The Morgan fingerprint density at radius 1 is 0.844 bits per heavy atom. The van der Waals surface area contributed by atoms with Crippen molar-refractivity contribution in [2.24, 2.45) is 5.92 Å². The number of non-ortho nitro benzene ring substituents is 1. The normalized spacial score (nSPS) is 22.9. The van der Waals surface area contributed by atoms with Gasteiger partial charge in [0.15, 0.2) is 6.10 Å². The van der Waals surface area contributed by atoms with Crippen molar-refractivity contribution in [3.05, 3.63) is 106 Å². The van der Waals surface area contributed by atoms with Crippen molar-refractivity contribution in [3.8, 4) is 0 Å². The van der Waals surface area contributed by atoms with Gasteiger partial charge in [-0.3, -0.25) is 24.5 Å². The van der Waals surface area contributed by atoms with E-state index in [1.807, 2.05) is 60.7 Å². The predicted octanol–water partition coefficient (Wildman–Crippen LogP) is 3.64. The Morgan fingerprint density at radius 2 is 1.47 bits per heavy atom. The first-order valence-corrected chi connectivity index (χ1v) is 10.2. The number of rotatable bonds is 5. The predicted molar refractivity (Wildman–Crippen MR) is 115 cm³/mol. The molecule has 0 spiro atoms. The maximum Gasteiger partial charge on any atom is 0.269 e. The summed E-state index contributed by atoms with van der Waals surface area (Å²) in [6, 6.07) is 24.1. The van der Waals surface area contributed by atoms with Gasteiger partial charge in [-0.05, 0) is 23.3 Å². The summed E-state index contributed by atoms with van der Waals surface area (Å²) in [6.45, 7) is 0.422. The number of hydrogen-bond donors (Lipinski definition) is 0. The summed E-state index contributed by atoms with van der Waals surface area (Å²) in [5, 5.41) is 12.7. The average Bonchev–Trinajstić information content (AvgIpc) is 3.30. The molecule has 0 radical (unpaired) electrons. The Kier molecular flexibility index (Phi) is 5.01. The van der Waals surface area contributed by atoms with Gasteiger partial charge in [-0.15, -0.1) is 0 Å². The first kappa shape index (κ1) is 20.0. The van der Waals surface area contributed by atoms with E-state index >= 15 is 0 Å². The molecular weight excluding hydrogens is 410 g/mol. The van der Waals surface area contributed by atoms with Gasteiger partial charge in [0.25, 0.3) is 11.6 Å². The number of fused-ring (bicyclic) bond motifs is 1. The third-order valence-corrected chi connectivity index (χ3v) is 5.84. The number of hydrogen-bond acceptors (Lipinski definition) is 6. The highest BCUT2D eigenvalue weighted by Crippen LogP contribution is 2.46. The standard InChI is InChI=1S/C24H19N3O5/c28-23-20-21(17-9-5-2-6-10-17)25(15-16-7-3-1-4-8-16)32-22(20)24(29)26(23)18-11-13-19(14-12-18)27(30)31/h1-14,20-22H,15H2/t20-,21-,22+/m0/s1. The molecule has 3 atom stereocenters. The molecule has 2 aliphatic heterocycles. The number of carbonyl (C=O) groups is 2. The molecule has 5 rings (SSSR count). The second kappa shape index (κ2) is 7.99. The molecule has 32 heavy (non-hydrogen) atoms. The summed E-state index contributed by atoms with van der Waals surface area (Å²) < 4.78 is 0. The fourth-order valence-corrected chi connectivity index (χ4v) is 4.37. The molecule has 2 aliphatic rings. The lowest BCUT2D eigenvalue weighted by molar-refractivity contribution is -0.384. The lowest BCUT2D eigenvalue weighted by atomic mass is 9.90. The topological polar surface area (TPSA) is 93.0 Å². The van der Waals surface area contributed by atoms with Gasteiger partial charge < -0.3 is 0 Å². The quantitative estimate of drug-likeness (QED) is 0.349. The molecule has 2 fully saturated rings. The highest BCUT2D eigenvalue weighted by molar-refractivity contribution is 6.23. The number of nitrogens with zero attached hydrogens (tertiary/aromatic N) is 3. The SMILES string of the molecule is O=C1[C@@H]2[C@@H](ON(Cc3ccccc3)[C@H]2c2ccccc2)C(=O)N1c1ccc([N+](=O)[O-])cc1. The van der Waals surface area contributed by atoms with Crippen LogP contribution in [-0.4, -0.2) is 27.9 Å². The molecule has 3 aromatic rings. The number of carbonyl (C=O) groups excluding carboxylic acids is 2. The van der Waals surface area contributed by atoms with Crippen LogP contribution in [-0.2, 0) is 21.0 Å². The summed E-state index contributed by atoms with van der Waals surface area (Å²) in [6.07, 6.45) is -0.952. The highest BCUT2D eigenvalue weighted by atomic mass is 16.7. The molecular formula is C24H19N3O5. The van der Waals surface area contributed by atoms with Crippen LogP contribution in [0.25, 0.3) is 0 Å². The molecule has 0 N–H and O–H groups in total. The lowest BCUT2D eigenvalue weighted by Gasteiger charge is -2.27. The van der Waals surface area contributed by atoms with Crippen molar-refractivity contribution in [1.82, 2.24) is 5.06 Å². The van der Waals surface area contributed by atoms with Gasteiger partial charge in [-0.1, -0.05) is 60.7 Å². The fraction of sp³-hybridized carbons (Fsp3) is 0.167. The molecule has 2 saturated heterocycles. The van der Waals surface area contributed by atoms with E-state index in [4.69, 9.17) is 4.84 Å². The molecule has 0 bridgehead atoms. The second-order valence-electron chi connectivity index (χ2n) is 7.75. The Morgan fingerprint density at radius 3 is 2.09 bits per heavy atom. The van der Waals surface area contributed by atoms with Gasteiger partial charge in [0, 0.05) is 18.7 Å². The van der Waals surface area contributed by atoms with E-state index in [-0.39, 0.29) is 11.6 Å². The summed E-state index contributed by atoms with van der Waals surface area (Å²) in [5.41, 5.74) is 2.06. The maximum absolute atomic E-state index is 13.5. The minimum atomic E-state index is -0.952. The minimum absolute atomic E-state index is 0.111. The van der Waals surface area contributed by atoms with Crippen LogP contribution in [0.4, 0.5) is 11.4 Å². The van der Waals surface area contributed by atoms with Gasteiger partial charge in [-0.2, -0.15) is 5.06 Å². The number of hydroxylamine groups is 2. The number of imide groups is 1. The molecule has 8 heteroatoms. The molecule has 0 saturated carbocycles. The third-order valence-electron chi connectivity index (χ3n) is 5.84. The van der Waals surface area contributed by atoms with Crippen LogP contribution in [0.15, 0.2) is 84.9 Å². The van der Waals surface area contributed by atoms with E-state index < -0.39 is 28.9 Å². The number of nitro benzene ring substituents is 1. The van der Waals surface area contributed by atoms with Crippen LogP contribution in [0.2, 0.25) is 0 Å². The van der Waals surface area contributed by atoms with Crippen LogP contribution in [0.5, 0.6) is 0 Å². The molecule has 2 amide bonds. The smallest absolute Gasteiger partial charge is 0.269 e. The molecule has 2 heterocycles. The molecule has 3 aromatic carbocycles. The monoisotopic (exact) mass is 429 g/mol. The Labute approximate surface area is 183 Å². The van der Waals surface area contributed by atoms with Crippen LogP contribution >= 0.6 is 0 Å². The summed E-state index contributed by atoms with van der Waals surface area (Å²) in [5.74, 6) is -1.56. The first-order valence-electron chi connectivity index (χ1n) is 10.2. The molecule has 0 unspecified atom stereocenters. The summed E-state index contributed by atoms with van der Waals surface area (Å²) in [4.78, 5) is 44.2. The third kappa shape index (κ3) is 3.35. The number of benzene rings is 3. The zero-order chi connectivity index (χ0) is 22.2. The minimum Gasteiger partial charge on any atom is -0.284 e. The summed E-state index contributed by atoms with van der Waals surface area (Å²) >= 11 is 0. The zero-order valence-corrected chi connectivity index (χ0v) is 16.9. The van der Waals surface area contributed by atoms with Crippen LogP contribution in [0.3, 0.4) is 0 Å². The summed E-state index contributed by atoms with van der Waals surface area (Å²) in [7, 11) is 0. The first-order chi connectivity index (χ1) is 15.5. The van der Waals surface area contributed by atoms with Crippen molar-refractivity contribution in [1.29, 1.82) is 0 Å². The molecule has 0 aromatic heterocycles. The van der Waals surface area contributed by atoms with E-state index in [1.165, 1.54) is 24.3 Å². The Balaban J connectivity index is 1.49. The van der Waals surface area contributed by atoms with Crippen molar-refractivity contribution >= 4 is 23.2 Å². The zero-order valence-electron chi connectivity index (χ0n) is 16.9. The maximum atomic E-state index is 13.5. The number of nitro groups is 1. The van der Waals surface area contributed by atoms with Crippen molar-refractivity contribution in [2.75, 3.05) is 4.90 Å². The van der Waals surface area contributed by atoms with E-state index in [1.54, 1.807) is 5.06 Å². The largest absolute Gasteiger partial charge is 0.284 e. The molecule has 160 valence electrons. The van der Waals surface area contributed by atoms with Crippen molar-refractivity contribution < 1.29 is 19.3 Å².